The van der Waals surface area contributed by atoms with Gasteiger partial charge in [-0.15, -0.1) is 24.8 Å². The molecule has 2 rings (SSSR count). The molecule has 2 N–H and O–H groups in total. The van der Waals surface area contributed by atoms with Crippen molar-refractivity contribution in [2.75, 3.05) is 45.7 Å². The van der Waals surface area contributed by atoms with Crippen molar-refractivity contribution in [3.05, 3.63) is 24.3 Å². The molecule has 1 amide bonds. The van der Waals surface area contributed by atoms with E-state index in [-0.39, 0.29) is 36.6 Å². The van der Waals surface area contributed by atoms with Gasteiger partial charge in [0.2, 0.25) is 5.91 Å². The Kier molecular flexibility index (Phi) is 11.0. The van der Waals surface area contributed by atoms with Crippen molar-refractivity contribution in [3.8, 4) is 5.75 Å². The third kappa shape index (κ3) is 7.88. The number of hydrogen-bond donors (Lipinski definition) is 2. The molecular formula is C16H27Cl2N3O2. The normalized spacial score (nSPS) is 16.9. The van der Waals surface area contributed by atoms with Gasteiger partial charge in [-0.25, -0.2) is 0 Å². The maximum absolute atomic E-state index is 12.1. The highest BCUT2D eigenvalue weighted by atomic mass is 35.5. The highest BCUT2D eigenvalue weighted by Crippen LogP contribution is 2.18. The highest BCUT2D eigenvalue weighted by Gasteiger charge is 2.20. The summed E-state index contributed by atoms with van der Waals surface area (Å²) >= 11 is 0. The van der Waals surface area contributed by atoms with E-state index in [2.05, 4.69) is 15.5 Å². The molecule has 23 heavy (non-hydrogen) atoms. The van der Waals surface area contributed by atoms with Crippen LogP contribution in [0.5, 0.6) is 5.75 Å². The molecule has 5 nitrogen and oxygen atoms in total. The minimum atomic E-state index is 0. The van der Waals surface area contributed by atoms with E-state index in [0.29, 0.717) is 6.61 Å². The predicted molar refractivity (Wildman–Crippen MR) is 99.2 cm³/mol. The predicted octanol–water partition coefficient (Wildman–Crippen LogP) is 2.41. The molecule has 1 saturated heterocycles. The minimum Gasteiger partial charge on any atom is -0.492 e. The van der Waals surface area contributed by atoms with Gasteiger partial charge in [-0.3, -0.25) is 4.79 Å². The molecule has 0 spiro atoms. The standard InChI is InChI=1S/C16H25N3O2.2ClH/c1-19(2)10-11-21-15-7-5-14(6-8-15)18-16(20)13-4-3-9-17-12-13;;/h5-8,13,17H,3-4,9-12H2,1-2H3,(H,18,20);2*1H/t13-;;/m1../s1. The van der Waals surface area contributed by atoms with Crippen LogP contribution in [0.15, 0.2) is 24.3 Å². The van der Waals surface area contributed by atoms with Gasteiger partial charge in [0, 0.05) is 18.8 Å². The summed E-state index contributed by atoms with van der Waals surface area (Å²) in [4.78, 5) is 14.2. The van der Waals surface area contributed by atoms with Gasteiger partial charge in [0.1, 0.15) is 12.4 Å². The Morgan fingerprint density at radius 2 is 2.00 bits per heavy atom. The fourth-order valence-corrected chi connectivity index (χ4v) is 2.30. The molecule has 0 radical (unpaired) electrons. The van der Waals surface area contributed by atoms with Crippen molar-refractivity contribution in [2.45, 2.75) is 12.8 Å². The van der Waals surface area contributed by atoms with Crippen LogP contribution in [0.3, 0.4) is 0 Å². The van der Waals surface area contributed by atoms with E-state index in [1.165, 1.54) is 0 Å². The third-order valence-corrected chi connectivity index (χ3v) is 3.60. The maximum Gasteiger partial charge on any atom is 0.228 e. The SMILES string of the molecule is CN(C)CCOc1ccc(NC(=O)[C@@H]2CCCNC2)cc1.Cl.Cl. The lowest BCUT2D eigenvalue weighted by Crippen LogP contribution is -2.37. The topological polar surface area (TPSA) is 53.6 Å². The first-order valence-corrected chi connectivity index (χ1v) is 7.54. The number of ether oxygens (including phenoxy) is 1. The Hall–Kier alpha value is -1.01. The summed E-state index contributed by atoms with van der Waals surface area (Å²) in [5, 5.41) is 6.23. The Bertz CT molecular complexity index is 449. The molecular weight excluding hydrogens is 337 g/mol. The fourth-order valence-electron chi connectivity index (χ4n) is 2.30. The number of anilines is 1. The Morgan fingerprint density at radius 1 is 1.30 bits per heavy atom. The average molecular weight is 364 g/mol. The maximum atomic E-state index is 12.1. The number of piperidine rings is 1. The quantitative estimate of drug-likeness (QED) is 0.814. The van der Waals surface area contributed by atoms with Gasteiger partial charge in [-0.1, -0.05) is 0 Å². The van der Waals surface area contributed by atoms with Gasteiger partial charge in [0.25, 0.3) is 0 Å². The lowest BCUT2D eigenvalue weighted by atomic mass is 9.99. The zero-order chi connectivity index (χ0) is 15.1. The summed E-state index contributed by atoms with van der Waals surface area (Å²) in [6, 6.07) is 7.56. The van der Waals surface area contributed by atoms with Gasteiger partial charge < -0.3 is 20.3 Å². The highest BCUT2D eigenvalue weighted by molar-refractivity contribution is 5.92. The number of benzene rings is 1. The second-order valence-electron chi connectivity index (χ2n) is 5.71. The smallest absolute Gasteiger partial charge is 0.228 e. The van der Waals surface area contributed by atoms with Crippen LogP contribution in [0.1, 0.15) is 12.8 Å². The van der Waals surface area contributed by atoms with Crippen LogP contribution in [0.4, 0.5) is 5.69 Å². The molecule has 1 aliphatic rings. The number of halogens is 2. The molecule has 1 fully saturated rings. The van der Waals surface area contributed by atoms with E-state index < -0.39 is 0 Å². The summed E-state index contributed by atoms with van der Waals surface area (Å²) in [6.07, 6.45) is 2.03. The largest absolute Gasteiger partial charge is 0.492 e. The van der Waals surface area contributed by atoms with Gasteiger partial charge >= 0.3 is 0 Å². The molecule has 0 aliphatic carbocycles. The van der Waals surface area contributed by atoms with Crippen LogP contribution in [0, 0.1) is 5.92 Å². The number of rotatable bonds is 6. The number of likely N-dealkylation sites (N-methyl/N-ethyl adjacent to an activating group) is 1. The molecule has 132 valence electrons. The summed E-state index contributed by atoms with van der Waals surface area (Å²) in [7, 11) is 4.03. The zero-order valence-electron chi connectivity index (χ0n) is 13.7. The van der Waals surface area contributed by atoms with Crippen molar-refractivity contribution in [2.24, 2.45) is 5.92 Å². The molecule has 1 atom stereocenters. The number of carbonyl (C=O) groups is 1. The Balaban J connectivity index is 0.00000242. The first kappa shape index (κ1) is 22.0. The van der Waals surface area contributed by atoms with E-state index in [9.17, 15) is 4.79 Å². The molecule has 0 bridgehead atoms. The summed E-state index contributed by atoms with van der Waals surface area (Å²) in [6.45, 7) is 3.33. The summed E-state index contributed by atoms with van der Waals surface area (Å²) in [5.41, 5.74) is 0.825. The van der Waals surface area contributed by atoms with Gasteiger partial charge in [-0.2, -0.15) is 0 Å². The number of hydrogen-bond acceptors (Lipinski definition) is 4. The van der Waals surface area contributed by atoms with Gasteiger partial charge in [0.15, 0.2) is 0 Å². The number of nitrogens with zero attached hydrogens (tertiary/aromatic N) is 1. The minimum absolute atomic E-state index is 0. The van der Waals surface area contributed by atoms with E-state index >= 15 is 0 Å². The number of carbonyl (C=O) groups excluding carboxylic acids is 1. The fraction of sp³-hybridized carbons (Fsp3) is 0.562. The Labute approximate surface area is 151 Å². The van der Waals surface area contributed by atoms with E-state index in [0.717, 1.165) is 43.9 Å². The second-order valence-corrected chi connectivity index (χ2v) is 5.71. The van der Waals surface area contributed by atoms with E-state index in [1.807, 2.05) is 38.4 Å². The lowest BCUT2D eigenvalue weighted by Gasteiger charge is -2.21. The first-order chi connectivity index (χ1) is 10.1. The third-order valence-electron chi connectivity index (χ3n) is 3.60. The molecule has 7 heteroatoms. The van der Waals surface area contributed by atoms with Crippen molar-refractivity contribution in [3.63, 3.8) is 0 Å². The number of nitrogens with one attached hydrogen (secondary N) is 2. The molecule has 0 aromatic heterocycles. The van der Waals surface area contributed by atoms with Crippen LogP contribution in [-0.2, 0) is 4.79 Å². The van der Waals surface area contributed by atoms with Crippen molar-refractivity contribution in [1.82, 2.24) is 10.2 Å². The summed E-state index contributed by atoms with van der Waals surface area (Å²) in [5.74, 6) is 1.01. The van der Waals surface area contributed by atoms with E-state index in [1.54, 1.807) is 0 Å². The first-order valence-electron chi connectivity index (χ1n) is 7.54. The Morgan fingerprint density at radius 3 is 2.57 bits per heavy atom. The van der Waals surface area contributed by atoms with Crippen LogP contribution >= 0.6 is 24.8 Å². The van der Waals surface area contributed by atoms with Crippen LogP contribution in [0.2, 0.25) is 0 Å². The van der Waals surface area contributed by atoms with Crippen LogP contribution < -0.4 is 15.4 Å². The summed E-state index contributed by atoms with van der Waals surface area (Å²) < 4.78 is 5.63. The van der Waals surface area contributed by atoms with E-state index in [4.69, 9.17) is 4.74 Å². The van der Waals surface area contributed by atoms with Gasteiger partial charge in [-0.05, 0) is 57.7 Å². The molecule has 1 aromatic rings. The average Bonchev–Trinajstić information content (AvgIpc) is 2.49. The lowest BCUT2D eigenvalue weighted by molar-refractivity contribution is -0.120. The van der Waals surface area contributed by atoms with Crippen molar-refractivity contribution >= 4 is 36.4 Å². The second kappa shape index (κ2) is 11.5. The molecule has 0 unspecified atom stereocenters. The number of amides is 1. The molecule has 1 aromatic carbocycles. The van der Waals surface area contributed by atoms with Crippen LogP contribution in [0.25, 0.3) is 0 Å². The van der Waals surface area contributed by atoms with Crippen molar-refractivity contribution in [1.29, 1.82) is 0 Å². The van der Waals surface area contributed by atoms with Gasteiger partial charge in [0.05, 0.1) is 5.92 Å². The zero-order valence-corrected chi connectivity index (χ0v) is 15.3. The molecule has 1 aliphatic heterocycles. The van der Waals surface area contributed by atoms with Crippen molar-refractivity contribution < 1.29 is 9.53 Å². The monoisotopic (exact) mass is 363 g/mol. The molecule has 1 heterocycles. The molecule has 0 saturated carbocycles. The van der Waals surface area contributed by atoms with Crippen LogP contribution in [-0.4, -0.2) is 51.1 Å².